The van der Waals surface area contributed by atoms with E-state index in [2.05, 4.69) is 12.2 Å². The Morgan fingerprint density at radius 1 is 1.20 bits per heavy atom. The predicted molar refractivity (Wildman–Crippen MR) is 40.9 cm³/mol. The molecule has 0 spiro atoms. The Bertz CT molecular complexity index is 207. The van der Waals surface area contributed by atoms with Gasteiger partial charge in [-0.15, -0.1) is 0 Å². The molecule has 10 heavy (non-hydrogen) atoms. The van der Waals surface area contributed by atoms with Gasteiger partial charge in [-0.05, 0) is 17.7 Å². The maximum absolute atomic E-state index is 8.80. The van der Waals surface area contributed by atoms with Crippen molar-refractivity contribution in [2.75, 3.05) is 0 Å². The van der Waals surface area contributed by atoms with Crippen LogP contribution in [0.4, 0.5) is 0 Å². The zero-order chi connectivity index (χ0) is 6.69. The van der Waals surface area contributed by atoms with Gasteiger partial charge in [-0.3, -0.25) is 0 Å². The van der Waals surface area contributed by atoms with Crippen molar-refractivity contribution >= 4 is 17.6 Å². The Balaban J connectivity index is 0.000000810. The van der Waals surface area contributed by atoms with Crippen molar-refractivity contribution in [2.24, 2.45) is 0 Å². The van der Waals surface area contributed by atoms with Gasteiger partial charge in [0.1, 0.15) is 5.75 Å². The van der Waals surface area contributed by atoms with Gasteiger partial charge in [0, 0.05) is 31.6 Å². The molecule has 0 aliphatic heterocycles. The smallest absolute Gasteiger partial charge is 0.115 e. The summed E-state index contributed by atoms with van der Waals surface area (Å²) in [6, 6.07) is 6.75. The van der Waals surface area contributed by atoms with Gasteiger partial charge >= 0.3 is 0 Å². The van der Waals surface area contributed by atoms with E-state index >= 15 is 0 Å². The van der Waals surface area contributed by atoms with Gasteiger partial charge in [0.2, 0.25) is 0 Å². The topological polar surface area (TPSA) is 20.2 Å². The molecule has 0 aliphatic carbocycles. The molecule has 0 atom stereocenters. The van der Waals surface area contributed by atoms with E-state index in [-0.39, 0.29) is 32.0 Å². The molecular weight excluding hydrogens is 223 g/mol. The molecule has 0 aliphatic rings. The third-order valence-corrected chi connectivity index (χ3v) is 1.30. The van der Waals surface area contributed by atoms with Gasteiger partial charge in [-0.25, -0.2) is 0 Å². The van der Waals surface area contributed by atoms with E-state index in [9.17, 15) is 0 Å². The predicted octanol–water partition coefficient (Wildman–Crippen LogP) is 1.74. The van der Waals surface area contributed by atoms with E-state index < -0.39 is 0 Å². The molecule has 1 aromatic rings. The maximum Gasteiger partial charge on any atom is 0.115 e. The SMILES string of the molecule is Oc1ccc(C=S)cc1.[Zr]. The van der Waals surface area contributed by atoms with Gasteiger partial charge in [0.25, 0.3) is 0 Å². The number of hydrogen-bond donors (Lipinski definition) is 1. The van der Waals surface area contributed by atoms with Crippen LogP contribution < -0.4 is 0 Å². The molecule has 0 saturated heterocycles. The monoisotopic (exact) mass is 228 g/mol. The average Bonchev–Trinajstić information content (AvgIpc) is 1.90. The van der Waals surface area contributed by atoms with Crippen molar-refractivity contribution < 1.29 is 31.3 Å². The Hall–Kier alpha value is -0.00688. The summed E-state index contributed by atoms with van der Waals surface area (Å²) in [6.07, 6.45) is 0. The Morgan fingerprint density at radius 2 is 1.70 bits per heavy atom. The summed E-state index contributed by atoms with van der Waals surface area (Å²) in [6.45, 7) is 0. The van der Waals surface area contributed by atoms with Crippen LogP contribution >= 0.6 is 12.2 Å². The number of benzene rings is 1. The van der Waals surface area contributed by atoms with E-state index in [4.69, 9.17) is 5.11 Å². The van der Waals surface area contributed by atoms with Crippen LogP contribution in [0.1, 0.15) is 5.56 Å². The molecule has 0 fully saturated rings. The average molecular weight is 229 g/mol. The summed E-state index contributed by atoms with van der Waals surface area (Å²) in [5, 5.41) is 10.4. The molecule has 0 heterocycles. The van der Waals surface area contributed by atoms with Crippen LogP contribution in [0, 0.1) is 0 Å². The van der Waals surface area contributed by atoms with Crippen LogP contribution in [0.15, 0.2) is 24.3 Å². The molecule has 0 unspecified atom stereocenters. The molecule has 1 N–H and O–H groups in total. The third-order valence-electron chi connectivity index (χ3n) is 1.03. The van der Waals surface area contributed by atoms with Crippen molar-refractivity contribution in [1.82, 2.24) is 0 Å². The summed E-state index contributed by atoms with van der Waals surface area (Å²) >= 11 is 4.66. The zero-order valence-corrected chi connectivity index (χ0v) is 8.52. The van der Waals surface area contributed by atoms with E-state index in [1.165, 1.54) is 0 Å². The number of aromatic hydroxyl groups is 1. The summed E-state index contributed by atoms with van der Waals surface area (Å²) in [7, 11) is 0. The molecule has 0 aromatic heterocycles. The molecule has 50 valence electrons. The van der Waals surface area contributed by atoms with Gasteiger partial charge in [-0.1, -0.05) is 24.4 Å². The van der Waals surface area contributed by atoms with Gasteiger partial charge in [-0.2, -0.15) is 0 Å². The second-order valence-electron chi connectivity index (χ2n) is 1.71. The number of hydrogen-bond acceptors (Lipinski definition) is 2. The quantitative estimate of drug-likeness (QED) is 0.740. The van der Waals surface area contributed by atoms with Crippen LogP contribution in [-0.4, -0.2) is 10.5 Å². The second kappa shape index (κ2) is 4.75. The fourth-order valence-corrected chi connectivity index (χ4v) is 0.710. The fourth-order valence-electron chi connectivity index (χ4n) is 0.553. The van der Waals surface area contributed by atoms with Crippen LogP contribution in [0.25, 0.3) is 0 Å². The molecule has 3 heteroatoms. The number of phenolic OH excluding ortho intramolecular Hbond substituents is 1. The van der Waals surface area contributed by atoms with E-state index in [0.29, 0.717) is 0 Å². The first-order valence-electron chi connectivity index (χ1n) is 2.57. The first-order chi connectivity index (χ1) is 4.33. The minimum Gasteiger partial charge on any atom is -0.508 e. The molecule has 0 radical (unpaired) electrons. The summed E-state index contributed by atoms with van der Waals surface area (Å²) in [4.78, 5) is 0. The van der Waals surface area contributed by atoms with Gasteiger partial charge in [0.05, 0.1) is 0 Å². The molecule has 0 amide bonds. The Labute approximate surface area is 84.2 Å². The summed E-state index contributed by atoms with van der Waals surface area (Å²) < 4.78 is 0. The van der Waals surface area contributed by atoms with Crippen molar-refractivity contribution in [2.45, 2.75) is 0 Å². The normalized spacial score (nSPS) is 8.00. The fraction of sp³-hybridized carbons (Fsp3) is 0. The molecule has 1 aromatic carbocycles. The van der Waals surface area contributed by atoms with Gasteiger partial charge < -0.3 is 5.11 Å². The largest absolute Gasteiger partial charge is 0.508 e. The van der Waals surface area contributed by atoms with Crippen molar-refractivity contribution in [3.63, 3.8) is 0 Å². The summed E-state index contributed by atoms with van der Waals surface area (Å²) in [5.41, 5.74) is 0.947. The van der Waals surface area contributed by atoms with Crippen LogP contribution in [-0.2, 0) is 26.2 Å². The number of phenols is 1. The van der Waals surface area contributed by atoms with Crippen molar-refractivity contribution in [3.05, 3.63) is 29.8 Å². The van der Waals surface area contributed by atoms with Crippen LogP contribution in [0.3, 0.4) is 0 Å². The third kappa shape index (κ3) is 2.72. The molecule has 0 saturated carbocycles. The summed E-state index contributed by atoms with van der Waals surface area (Å²) in [5.74, 6) is 0.274. The second-order valence-corrected chi connectivity index (χ2v) is 1.95. The van der Waals surface area contributed by atoms with E-state index in [1.807, 2.05) is 0 Å². The molecule has 0 bridgehead atoms. The molecule has 1 nitrogen and oxygen atoms in total. The molecule has 1 rings (SSSR count). The Morgan fingerprint density at radius 3 is 2.10 bits per heavy atom. The molecular formula is C7H6OSZr. The minimum atomic E-state index is 0. The standard InChI is InChI=1S/C7H6OS.Zr/c8-7-3-1-6(5-9)2-4-7;/h1-5,8H;. The number of rotatable bonds is 1. The van der Waals surface area contributed by atoms with E-state index in [0.717, 1.165) is 5.56 Å². The zero-order valence-electron chi connectivity index (χ0n) is 5.24. The first-order valence-corrected chi connectivity index (χ1v) is 3.04. The van der Waals surface area contributed by atoms with Crippen molar-refractivity contribution in [1.29, 1.82) is 0 Å². The van der Waals surface area contributed by atoms with Crippen LogP contribution in [0.5, 0.6) is 5.75 Å². The van der Waals surface area contributed by atoms with Crippen molar-refractivity contribution in [3.8, 4) is 5.75 Å². The van der Waals surface area contributed by atoms with Gasteiger partial charge in [0.15, 0.2) is 0 Å². The minimum absolute atomic E-state index is 0. The maximum atomic E-state index is 8.80. The van der Waals surface area contributed by atoms with Crippen LogP contribution in [0.2, 0.25) is 0 Å². The van der Waals surface area contributed by atoms with E-state index in [1.54, 1.807) is 29.6 Å². The Kier molecular flexibility index (Phi) is 4.75. The first kappa shape index (κ1) is 9.99. The number of thiocarbonyl (C=S) groups is 1.